The minimum atomic E-state index is -0.104. The Balaban J connectivity index is 1.52. The van der Waals surface area contributed by atoms with Gasteiger partial charge in [0.1, 0.15) is 0 Å². The summed E-state index contributed by atoms with van der Waals surface area (Å²) in [5.74, 6) is -0.189. The molecule has 0 saturated heterocycles. The molecule has 1 aliphatic rings. The molecule has 30 heavy (non-hydrogen) atoms. The van der Waals surface area contributed by atoms with Gasteiger partial charge >= 0.3 is 0 Å². The highest BCUT2D eigenvalue weighted by Crippen LogP contribution is 2.20. The van der Waals surface area contributed by atoms with Crippen molar-refractivity contribution in [3.05, 3.63) is 71.8 Å². The molecular weight excluding hydrogens is 374 g/mol. The van der Waals surface area contributed by atoms with Crippen molar-refractivity contribution in [1.82, 2.24) is 5.32 Å². The Hall–Kier alpha value is -2.92. The first-order valence-corrected chi connectivity index (χ1v) is 10.8. The molecule has 0 radical (unpaired) electrons. The maximum atomic E-state index is 13.0. The zero-order chi connectivity index (χ0) is 21.2. The Morgan fingerprint density at radius 1 is 1.03 bits per heavy atom. The number of rotatable bonds is 9. The smallest absolute Gasteiger partial charge is 0.258 e. The van der Waals surface area contributed by atoms with E-state index >= 15 is 0 Å². The number of hydrogen-bond acceptors (Lipinski definition) is 3. The van der Waals surface area contributed by atoms with Gasteiger partial charge in [0, 0.05) is 23.5 Å². The van der Waals surface area contributed by atoms with Gasteiger partial charge in [0.05, 0.1) is 6.54 Å². The van der Waals surface area contributed by atoms with Crippen LogP contribution in [-0.4, -0.2) is 31.4 Å². The normalized spacial score (nSPS) is 13.4. The molecule has 1 aliphatic carbocycles. The van der Waals surface area contributed by atoms with E-state index in [2.05, 4.69) is 16.7 Å². The van der Waals surface area contributed by atoms with E-state index in [9.17, 15) is 9.59 Å². The Morgan fingerprint density at radius 3 is 2.60 bits per heavy atom. The SMILES string of the molecule is CCN(C(=O)c1cccc(NC(=O)CNCCC2=CCCCC2)c1)c1ccccc1. The van der Waals surface area contributed by atoms with Crippen molar-refractivity contribution in [3.8, 4) is 0 Å². The molecule has 2 N–H and O–H groups in total. The number of carbonyl (C=O) groups excluding carboxylic acids is 2. The molecule has 3 rings (SSSR count). The summed E-state index contributed by atoms with van der Waals surface area (Å²) >= 11 is 0. The molecule has 0 unspecified atom stereocenters. The van der Waals surface area contributed by atoms with E-state index in [0.717, 1.165) is 18.7 Å². The van der Waals surface area contributed by atoms with Gasteiger partial charge in [-0.1, -0.05) is 35.9 Å². The lowest BCUT2D eigenvalue weighted by Gasteiger charge is -2.21. The number of benzene rings is 2. The molecule has 0 saturated carbocycles. The summed E-state index contributed by atoms with van der Waals surface area (Å²) in [4.78, 5) is 27.0. The van der Waals surface area contributed by atoms with Crippen molar-refractivity contribution >= 4 is 23.2 Å². The summed E-state index contributed by atoms with van der Waals surface area (Å²) in [5, 5.41) is 6.10. The molecular formula is C25H31N3O2. The first-order valence-electron chi connectivity index (χ1n) is 10.8. The average Bonchev–Trinajstić information content (AvgIpc) is 2.79. The van der Waals surface area contributed by atoms with Gasteiger partial charge in [-0.3, -0.25) is 9.59 Å². The predicted octanol–water partition coefficient (Wildman–Crippen LogP) is 4.77. The lowest BCUT2D eigenvalue weighted by atomic mass is 9.97. The predicted molar refractivity (Wildman–Crippen MR) is 123 cm³/mol. The largest absolute Gasteiger partial charge is 0.325 e. The number of carbonyl (C=O) groups is 2. The van der Waals surface area contributed by atoms with Crippen LogP contribution in [0.2, 0.25) is 0 Å². The van der Waals surface area contributed by atoms with Crippen LogP contribution in [0.5, 0.6) is 0 Å². The number of para-hydroxylation sites is 1. The molecule has 5 heteroatoms. The van der Waals surface area contributed by atoms with Gasteiger partial charge in [-0.25, -0.2) is 0 Å². The van der Waals surface area contributed by atoms with E-state index in [0.29, 0.717) is 17.8 Å². The van der Waals surface area contributed by atoms with Crippen LogP contribution in [0.1, 0.15) is 49.4 Å². The van der Waals surface area contributed by atoms with Crippen molar-refractivity contribution in [2.24, 2.45) is 0 Å². The molecule has 0 aliphatic heterocycles. The second-order valence-corrected chi connectivity index (χ2v) is 7.55. The zero-order valence-electron chi connectivity index (χ0n) is 17.7. The molecule has 2 aromatic carbocycles. The van der Waals surface area contributed by atoms with Crippen molar-refractivity contribution in [2.45, 2.75) is 39.0 Å². The summed E-state index contributed by atoms with van der Waals surface area (Å²) in [6.45, 7) is 3.59. The second-order valence-electron chi connectivity index (χ2n) is 7.55. The number of hydrogen-bond donors (Lipinski definition) is 2. The highest BCUT2D eigenvalue weighted by atomic mass is 16.2. The molecule has 0 fully saturated rings. The zero-order valence-corrected chi connectivity index (χ0v) is 17.7. The first kappa shape index (κ1) is 21.8. The van der Waals surface area contributed by atoms with Crippen molar-refractivity contribution in [2.75, 3.05) is 29.9 Å². The van der Waals surface area contributed by atoms with Gasteiger partial charge in [-0.15, -0.1) is 0 Å². The fourth-order valence-electron chi connectivity index (χ4n) is 3.72. The highest BCUT2D eigenvalue weighted by Gasteiger charge is 2.16. The molecule has 0 aromatic heterocycles. The van der Waals surface area contributed by atoms with E-state index in [1.165, 1.54) is 31.3 Å². The molecule has 158 valence electrons. The van der Waals surface area contributed by atoms with E-state index in [1.54, 1.807) is 29.2 Å². The summed E-state index contributed by atoms with van der Waals surface area (Å²) in [6, 6.07) is 16.7. The van der Waals surface area contributed by atoms with Crippen LogP contribution in [-0.2, 0) is 4.79 Å². The number of allylic oxidation sites excluding steroid dienone is 1. The third-order valence-electron chi connectivity index (χ3n) is 5.32. The molecule has 2 amide bonds. The van der Waals surface area contributed by atoms with E-state index < -0.39 is 0 Å². The fourth-order valence-corrected chi connectivity index (χ4v) is 3.72. The third-order valence-corrected chi connectivity index (χ3v) is 5.32. The minimum Gasteiger partial charge on any atom is -0.325 e. The van der Waals surface area contributed by atoms with E-state index in [4.69, 9.17) is 0 Å². The van der Waals surface area contributed by atoms with Crippen molar-refractivity contribution in [3.63, 3.8) is 0 Å². The van der Waals surface area contributed by atoms with E-state index in [-0.39, 0.29) is 18.4 Å². The van der Waals surface area contributed by atoms with Gasteiger partial charge in [0.2, 0.25) is 5.91 Å². The quantitative estimate of drug-likeness (QED) is 0.467. The lowest BCUT2D eigenvalue weighted by molar-refractivity contribution is -0.115. The molecule has 0 atom stereocenters. The van der Waals surface area contributed by atoms with Crippen molar-refractivity contribution < 1.29 is 9.59 Å². The number of anilines is 2. The van der Waals surface area contributed by atoms with Crippen LogP contribution in [0.15, 0.2) is 66.2 Å². The molecule has 0 spiro atoms. The summed E-state index contributed by atoms with van der Waals surface area (Å²) in [7, 11) is 0. The van der Waals surface area contributed by atoms with Crippen LogP contribution in [0.3, 0.4) is 0 Å². The second kappa shape index (κ2) is 11.3. The Labute approximate surface area is 179 Å². The maximum Gasteiger partial charge on any atom is 0.258 e. The van der Waals surface area contributed by atoms with Gasteiger partial charge in [-0.05, 0) is 75.9 Å². The molecule has 2 aromatic rings. The number of nitrogens with one attached hydrogen (secondary N) is 2. The van der Waals surface area contributed by atoms with Crippen molar-refractivity contribution in [1.29, 1.82) is 0 Å². The maximum absolute atomic E-state index is 13.0. The third kappa shape index (κ3) is 6.29. The molecule has 0 heterocycles. The van der Waals surface area contributed by atoms with Gasteiger partial charge in [-0.2, -0.15) is 0 Å². The molecule has 0 bridgehead atoms. The van der Waals surface area contributed by atoms with Crippen LogP contribution in [0.25, 0.3) is 0 Å². The first-order chi connectivity index (χ1) is 14.7. The minimum absolute atomic E-state index is 0.0846. The number of nitrogens with zero attached hydrogens (tertiary/aromatic N) is 1. The van der Waals surface area contributed by atoms with E-state index in [1.807, 2.05) is 37.3 Å². The fraction of sp³-hybridized carbons (Fsp3) is 0.360. The van der Waals surface area contributed by atoms with Crippen LogP contribution in [0, 0.1) is 0 Å². The Kier molecular flexibility index (Phi) is 8.21. The van der Waals surface area contributed by atoms with Gasteiger partial charge in [0.25, 0.3) is 5.91 Å². The summed E-state index contributed by atoms with van der Waals surface area (Å²) < 4.78 is 0. The Morgan fingerprint density at radius 2 is 1.87 bits per heavy atom. The molecule has 5 nitrogen and oxygen atoms in total. The summed E-state index contributed by atoms with van der Waals surface area (Å²) in [5.41, 5.74) is 3.54. The van der Waals surface area contributed by atoms with Gasteiger partial charge in [0.15, 0.2) is 0 Å². The topological polar surface area (TPSA) is 61.4 Å². The average molecular weight is 406 g/mol. The van der Waals surface area contributed by atoms with Gasteiger partial charge < -0.3 is 15.5 Å². The highest BCUT2D eigenvalue weighted by molar-refractivity contribution is 6.07. The Bertz CT molecular complexity index is 877. The van der Waals surface area contributed by atoms with Crippen LogP contribution < -0.4 is 15.5 Å². The number of amides is 2. The lowest BCUT2D eigenvalue weighted by Crippen LogP contribution is -2.31. The van der Waals surface area contributed by atoms with Crippen LogP contribution in [0.4, 0.5) is 11.4 Å². The summed E-state index contributed by atoms with van der Waals surface area (Å²) in [6.07, 6.45) is 8.28. The standard InChI is InChI=1S/C25H31N3O2/c1-2-28(23-14-7-4-8-15-23)25(30)21-12-9-13-22(18-21)27-24(29)19-26-17-16-20-10-5-3-6-11-20/h4,7-10,12-15,18,26H,2-3,5-6,11,16-17,19H2,1H3,(H,27,29). The van der Waals surface area contributed by atoms with Crippen LogP contribution >= 0.6 is 0 Å². The monoisotopic (exact) mass is 405 g/mol.